The maximum atomic E-state index is 12.9. The van der Waals surface area contributed by atoms with E-state index in [1.807, 2.05) is 0 Å². The average molecular weight is 384 g/mol. The Balaban J connectivity index is 1.91. The monoisotopic (exact) mass is 384 g/mol. The third-order valence-corrected chi connectivity index (χ3v) is 4.07. The summed E-state index contributed by atoms with van der Waals surface area (Å²) in [5.41, 5.74) is -0.148. The van der Waals surface area contributed by atoms with Gasteiger partial charge in [-0.25, -0.2) is 4.79 Å². The first-order valence-electron chi connectivity index (χ1n) is 8.39. The number of ether oxygens (including phenoxy) is 1. The summed E-state index contributed by atoms with van der Waals surface area (Å²) in [6, 6.07) is 20.3. The van der Waals surface area contributed by atoms with Crippen molar-refractivity contribution in [3.05, 3.63) is 107 Å². The van der Waals surface area contributed by atoms with Crippen molar-refractivity contribution in [1.29, 1.82) is 0 Å². The standard InChI is InChI=1S/C22H15F3O3/c23-22(24,25)18-13-11-15(12-14-18)19(26)20(16-7-3-1-4-8-16)28-21(27)17-9-5-2-6-10-17/h1-14,20H/t20-/m0/s1. The number of alkyl halides is 3. The molecule has 0 spiro atoms. The molecule has 28 heavy (non-hydrogen) atoms. The van der Waals surface area contributed by atoms with Crippen LogP contribution in [-0.4, -0.2) is 11.8 Å². The van der Waals surface area contributed by atoms with Gasteiger partial charge in [0.2, 0.25) is 5.78 Å². The Morgan fingerprint density at radius 3 is 1.79 bits per heavy atom. The summed E-state index contributed by atoms with van der Waals surface area (Å²) in [5.74, 6) is -1.31. The number of Topliss-reactive ketones (excluding diaryl/α,β-unsaturated/α-hetero) is 1. The second-order valence-electron chi connectivity index (χ2n) is 6.00. The van der Waals surface area contributed by atoms with E-state index >= 15 is 0 Å². The maximum absolute atomic E-state index is 12.9. The Kier molecular flexibility index (Phi) is 5.59. The molecule has 0 fully saturated rings. The smallest absolute Gasteiger partial charge is 0.416 e. The fourth-order valence-electron chi connectivity index (χ4n) is 2.62. The summed E-state index contributed by atoms with van der Waals surface area (Å²) in [6.45, 7) is 0. The molecule has 0 heterocycles. The lowest BCUT2D eigenvalue weighted by Crippen LogP contribution is -2.20. The maximum Gasteiger partial charge on any atom is 0.416 e. The quantitative estimate of drug-likeness (QED) is 0.432. The summed E-state index contributed by atoms with van der Waals surface area (Å²) >= 11 is 0. The van der Waals surface area contributed by atoms with Gasteiger partial charge in [0.1, 0.15) is 0 Å². The molecule has 0 saturated heterocycles. The fourth-order valence-corrected chi connectivity index (χ4v) is 2.62. The molecule has 1 atom stereocenters. The number of hydrogen-bond donors (Lipinski definition) is 0. The molecule has 0 aliphatic heterocycles. The van der Waals surface area contributed by atoms with E-state index in [0.717, 1.165) is 24.3 Å². The second kappa shape index (κ2) is 8.08. The molecule has 0 aliphatic rings. The summed E-state index contributed by atoms with van der Waals surface area (Å²) in [7, 11) is 0. The van der Waals surface area contributed by atoms with Crippen molar-refractivity contribution in [3.8, 4) is 0 Å². The van der Waals surface area contributed by atoms with Gasteiger partial charge in [0.05, 0.1) is 11.1 Å². The molecule has 0 unspecified atom stereocenters. The van der Waals surface area contributed by atoms with Gasteiger partial charge in [-0.15, -0.1) is 0 Å². The molecule has 0 N–H and O–H groups in total. The van der Waals surface area contributed by atoms with Gasteiger partial charge in [0.25, 0.3) is 0 Å². The van der Waals surface area contributed by atoms with E-state index in [-0.39, 0.29) is 11.1 Å². The van der Waals surface area contributed by atoms with E-state index in [0.29, 0.717) is 5.56 Å². The van der Waals surface area contributed by atoms with Crippen molar-refractivity contribution in [3.63, 3.8) is 0 Å². The third kappa shape index (κ3) is 4.46. The van der Waals surface area contributed by atoms with Crippen LogP contribution in [0.2, 0.25) is 0 Å². The summed E-state index contributed by atoms with van der Waals surface area (Å²) in [6.07, 6.45) is -5.77. The average Bonchev–Trinajstić information content (AvgIpc) is 2.72. The van der Waals surface area contributed by atoms with Crippen LogP contribution in [0.15, 0.2) is 84.9 Å². The molecule has 0 aromatic heterocycles. The van der Waals surface area contributed by atoms with Gasteiger partial charge in [-0.2, -0.15) is 13.2 Å². The van der Waals surface area contributed by atoms with Crippen molar-refractivity contribution in [2.24, 2.45) is 0 Å². The predicted molar refractivity (Wildman–Crippen MR) is 96.8 cm³/mol. The lowest BCUT2D eigenvalue weighted by Gasteiger charge is -2.18. The highest BCUT2D eigenvalue weighted by Gasteiger charge is 2.31. The molecular formula is C22H15F3O3. The third-order valence-electron chi connectivity index (χ3n) is 4.07. The largest absolute Gasteiger partial charge is 0.445 e. The van der Waals surface area contributed by atoms with Gasteiger partial charge < -0.3 is 4.74 Å². The van der Waals surface area contributed by atoms with Crippen LogP contribution in [0, 0.1) is 0 Å². The van der Waals surface area contributed by atoms with Crippen molar-refractivity contribution in [1.82, 2.24) is 0 Å². The van der Waals surface area contributed by atoms with E-state index in [4.69, 9.17) is 4.74 Å². The van der Waals surface area contributed by atoms with Crippen LogP contribution in [0.3, 0.4) is 0 Å². The number of halogens is 3. The van der Waals surface area contributed by atoms with Crippen LogP contribution >= 0.6 is 0 Å². The molecule has 3 aromatic rings. The highest BCUT2D eigenvalue weighted by atomic mass is 19.4. The van der Waals surface area contributed by atoms with E-state index in [1.54, 1.807) is 60.7 Å². The lowest BCUT2D eigenvalue weighted by atomic mass is 9.98. The zero-order valence-electron chi connectivity index (χ0n) is 14.5. The van der Waals surface area contributed by atoms with Gasteiger partial charge in [-0.1, -0.05) is 60.7 Å². The first-order chi connectivity index (χ1) is 13.4. The van der Waals surface area contributed by atoms with E-state index in [1.165, 1.54) is 0 Å². The van der Waals surface area contributed by atoms with E-state index < -0.39 is 29.6 Å². The number of esters is 1. The van der Waals surface area contributed by atoms with Gasteiger partial charge in [-0.05, 0) is 24.3 Å². The lowest BCUT2D eigenvalue weighted by molar-refractivity contribution is -0.137. The van der Waals surface area contributed by atoms with Crippen LogP contribution in [0.5, 0.6) is 0 Å². The van der Waals surface area contributed by atoms with Crippen molar-refractivity contribution in [2.75, 3.05) is 0 Å². The van der Waals surface area contributed by atoms with Crippen molar-refractivity contribution >= 4 is 11.8 Å². The Morgan fingerprint density at radius 1 is 0.714 bits per heavy atom. The number of hydrogen-bond acceptors (Lipinski definition) is 3. The predicted octanol–water partition coefficient (Wildman–Crippen LogP) is 5.49. The van der Waals surface area contributed by atoms with Gasteiger partial charge in [0, 0.05) is 11.1 Å². The Morgan fingerprint density at radius 2 is 1.25 bits per heavy atom. The summed E-state index contributed by atoms with van der Waals surface area (Å²) in [4.78, 5) is 25.3. The molecule has 3 rings (SSSR count). The van der Waals surface area contributed by atoms with Gasteiger partial charge in [0.15, 0.2) is 6.10 Å². The fraction of sp³-hybridized carbons (Fsp3) is 0.0909. The summed E-state index contributed by atoms with van der Waals surface area (Å²) < 4.78 is 43.7. The molecular weight excluding hydrogens is 369 g/mol. The highest BCUT2D eigenvalue weighted by molar-refractivity contribution is 6.02. The highest BCUT2D eigenvalue weighted by Crippen LogP contribution is 2.30. The first kappa shape index (κ1) is 19.4. The minimum Gasteiger partial charge on any atom is -0.445 e. The molecule has 142 valence electrons. The topological polar surface area (TPSA) is 43.4 Å². The molecule has 6 heteroatoms. The zero-order chi connectivity index (χ0) is 20.1. The van der Waals surface area contributed by atoms with Crippen LogP contribution < -0.4 is 0 Å². The molecule has 3 aromatic carbocycles. The minimum absolute atomic E-state index is 0.0164. The van der Waals surface area contributed by atoms with Crippen LogP contribution in [0.25, 0.3) is 0 Å². The molecule has 0 aliphatic carbocycles. The number of ketones is 1. The molecule has 3 nitrogen and oxygen atoms in total. The summed E-state index contributed by atoms with van der Waals surface area (Å²) in [5, 5.41) is 0. The van der Waals surface area contributed by atoms with Crippen molar-refractivity contribution in [2.45, 2.75) is 12.3 Å². The first-order valence-corrected chi connectivity index (χ1v) is 8.39. The molecule has 0 saturated carbocycles. The molecule has 0 amide bonds. The Bertz CT molecular complexity index is 950. The van der Waals surface area contributed by atoms with E-state index in [9.17, 15) is 22.8 Å². The SMILES string of the molecule is O=C(O[C@H](C(=O)c1ccc(C(F)(F)F)cc1)c1ccccc1)c1ccccc1. The van der Waals surface area contributed by atoms with Crippen molar-refractivity contribution < 1.29 is 27.5 Å². The van der Waals surface area contributed by atoms with Gasteiger partial charge >= 0.3 is 12.1 Å². The normalized spacial score (nSPS) is 12.2. The Hall–Kier alpha value is -3.41. The van der Waals surface area contributed by atoms with E-state index in [2.05, 4.69) is 0 Å². The van der Waals surface area contributed by atoms with Crippen LogP contribution in [-0.2, 0) is 10.9 Å². The van der Waals surface area contributed by atoms with Gasteiger partial charge in [-0.3, -0.25) is 4.79 Å². The Labute approximate surface area is 159 Å². The molecule has 0 radical (unpaired) electrons. The van der Waals surface area contributed by atoms with Crippen LogP contribution in [0.1, 0.15) is 37.9 Å². The minimum atomic E-state index is -4.50. The number of carbonyl (C=O) groups is 2. The second-order valence-corrected chi connectivity index (χ2v) is 6.00. The molecule has 0 bridgehead atoms. The number of carbonyl (C=O) groups excluding carboxylic acids is 2. The number of rotatable bonds is 5. The zero-order valence-corrected chi connectivity index (χ0v) is 14.5. The van der Waals surface area contributed by atoms with Crippen LogP contribution in [0.4, 0.5) is 13.2 Å². The number of benzene rings is 3.